The largest absolute Gasteiger partial charge is 0.508 e. The molecule has 4 N–H and O–H groups in total. The summed E-state index contributed by atoms with van der Waals surface area (Å²) in [4.78, 5) is 11.5. The van der Waals surface area contributed by atoms with E-state index in [-0.39, 0.29) is 5.91 Å². The first-order chi connectivity index (χ1) is 21.6. The van der Waals surface area contributed by atoms with Crippen molar-refractivity contribution in [3.05, 3.63) is 99.1 Å². The van der Waals surface area contributed by atoms with Crippen LogP contribution in [0.2, 0.25) is 0 Å². The Morgan fingerprint density at radius 2 is 1.09 bits per heavy atom. The summed E-state index contributed by atoms with van der Waals surface area (Å²) in [6.07, 6.45) is 7.98. The van der Waals surface area contributed by atoms with Crippen molar-refractivity contribution in [2.45, 2.75) is 139 Å². The number of nitrogens with two attached hydrogens (primary N) is 1. The summed E-state index contributed by atoms with van der Waals surface area (Å²) in [6.45, 7) is 29.3. The molecule has 3 aromatic rings. The highest BCUT2D eigenvalue weighted by Crippen LogP contribution is 2.32. The molecule has 4 nitrogen and oxygen atoms in total. The Morgan fingerprint density at radius 1 is 0.696 bits per heavy atom. The van der Waals surface area contributed by atoms with Crippen LogP contribution >= 0.6 is 0 Å². The molecule has 0 bridgehead atoms. The van der Waals surface area contributed by atoms with E-state index in [1.165, 1.54) is 51.4 Å². The zero-order valence-corrected chi connectivity index (χ0v) is 31.2. The van der Waals surface area contributed by atoms with Crippen molar-refractivity contribution in [1.82, 2.24) is 0 Å². The summed E-state index contributed by atoms with van der Waals surface area (Å²) < 4.78 is 0. The van der Waals surface area contributed by atoms with Crippen LogP contribution < -0.4 is 11.1 Å². The summed E-state index contributed by atoms with van der Waals surface area (Å²) in [7, 11) is 0. The Kier molecular flexibility index (Phi) is 17.5. The molecule has 0 atom stereocenters. The molecule has 254 valence electrons. The molecule has 0 spiro atoms. The van der Waals surface area contributed by atoms with Gasteiger partial charge in [-0.05, 0) is 132 Å². The first-order valence-corrected chi connectivity index (χ1v) is 17.4. The summed E-state index contributed by atoms with van der Waals surface area (Å²) >= 11 is 0. The quantitative estimate of drug-likeness (QED) is 0.146. The Hall–Kier alpha value is -3.53. The molecule has 46 heavy (non-hydrogen) atoms. The van der Waals surface area contributed by atoms with E-state index in [1.807, 2.05) is 19.1 Å². The van der Waals surface area contributed by atoms with Crippen LogP contribution in [0.4, 0.5) is 11.4 Å². The number of aryl methyl sites for hydroxylation is 6. The summed E-state index contributed by atoms with van der Waals surface area (Å²) in [6, 6.07) is 12.7. The number of benzene rings is 3. The van der Waals surface area contributed by atoms with Crippen molar-refractivity contribution in [3.63, 3.8) is 0 Å². The van der Waals surface area contributed by atoms with E-state index in [2.05, 4.69) is 112 Å². The third-order valence-corrected chi connectivity index (χ3v) is 7.97. The van der Waals surface area contributed by atoms with Gasteiger partial charge in [-0.1, -0.05) is 106 Å². The zero-order chi connectivity index (χ0) is 35.1. The predicted molar refractivity (Wildman–Crippen MR) is 203 cm³/mol. The SMILES string of the molecule is C=CC(=O)Nc1cc(C)cc(CCC)c1C(C)C.CCCc1cc(C)cc(N)c1C(C)C.CCCc1cc(C)cc(O)c1C(C)C. The number of hydrogen-bond acceptors (Lipinski definition) is 3. The van der Waals surface area contributed by atoms with Gasteiger partial charge in [0.05, 0.1) is 0 Å². The number of phenolic OH excluding ortho intramolecular Hbond substituents is 1. The fourth-order valence-electron chi connectivity index (χ4n) is 6.40. The number of rotatable bonds is 11. The van der Waals surface area contributed by atoms with Gasteiger partial charge < -0.3 is 16.2 Å². The number of aromatic hydroxyl groups is 1. The lowest BCUT2D eigenvalue weighted by Gasteiger charge is -2.19. The molecule has 0 heterocycles. The number of amides is 1. The molecular formula is C42H64N2O2. The molecule has 1 amide bonds. The standard InChI is InChI=1S/C16H23NO.C13H21N.C13H20O/c1-6-8-13-9-12(5)10-14(16(13)11(3)4)17-15(18)7-2;2*1-5-6-11-7-10(4)8-12(14)13(11)9(2)3/h7,9-11H,2,6,8H2,1,3-5H3,(H,17,18);7-9H,5-6,14H2,1-4H3;7-9,14H,5-6H2,1-4H3. The Morgan fingerprint density at radius 3 is 1.50 bits per heavy atom. The van der Waals surface area contributed by atoms with Gasteiger partial charge in [0.2, 0.25) is 5.91 Å². The van der Waals surface area contributed by atoms with Gasteiger partial charge >= 0.3 is 0 Å². The molecule has 0 aliphatic heterocycles. The first kappa shape index (κ1) is 40.5. The van der Waals surface area contributed by atoms with E-state index in [4.69, 9.17) is 5.73 Å². The predicted octanol–water partition coefficient (Wildman–Crippen LogP) is 11.6. The van der Waals surface area contributed by atoms with Crippen LogP contribution in [0.3, 0.4) is 0 Å². The smallest absolute Gasteiger partial charge is 0.247 e. The molecule has 0 saturated carbocycles. The zero-order valence-electron chi connectivity index (χ0n) is 31.2. The van der Waals surface area contributed by atoms with Crippen molar-refractivity contribution in [2.24, 2.45) is 0 Å². The fourth-order valence-corrected chi connectivity index (χ4v) is 6.40. The highest BCUT2D eigenvalue weighted by molar-refractivity contribution is 5.99. The molecule has 0 radical (unpaired) electrons. The van der Waals surface area contributed by atoms with Crippen LogP contribution in [0.5, 0.6) is 5.75 Å². The fraction of sp³-hybridized carbons (Fsp3) is 0.500. The van der Waals surface area contributed by atoms with Gasteiger partial charge in [-0.25, -0.2) is 0 Å². The number of nitrogens with one attached hydrogen (secondary N) is 1. The summed E-state index contributed by atoms with van der Waals surface area (Å²) in [5.41, 5.74) is 19.3. The van der Waals surface area contributed by atoms with Gasteiger partial charge in [0, 0.05) is 11.4 Å². The lowest BCUT2D eigenvalue weighted by Crippen LogP contribution is -2.12. The van der Waals surface area contributed by atoms with Crippen LogP contribution in [-0.2, 0) is 24.1 Å². The highest BCUT2D eigenvalue weighted by atomic mass is 16.3. The molecule has 0 fully saturated rings. The van der Waals surface area contributed by atoms with E-state index < -0.39 is 0 Å². The minimum absolute atomic E-state index is 0.148. The number of anilines is 2. The number of carbonyl (C=O) groups excluding carboxylic acids is 1. The maximum atomic E-state index is 11.5. The molecule has 3 rings (SSSR count). The van der Waals surface area contributed by atoms with Crippen LogP contribution in [0.15, 0.2) is 49.1 Å². The minimum atomic E-state index is -0.148. The second-order valence-corrected chi connectivity index (χ2v) is 13.6. The van der Waals surface area contributed by atoms with Crippen molar-refractivity contribution in [3.8, 4) is 5.75 Å². The summed E-state index contributed by atoms with van der Waals surface area (Å²) in [5, 5.41) is 12.8. The second kappa shape index (κ2) is 19.9. The molecule has 0 saturated heterocycles. The molecule has 3 aromatic carbocycles. The average molecular weight is 629 g/mol. The third-order valence-electron chi connectivity index (χ3n) is 7.97. The van der Waals surface area contributed by atoms with Gasteiger partial charge in [0.15, 0.2) is 0 Å². The average Bonchev–Trinajstić information content (AvgIpc) is 2.92. The monoisotopic (exact) mass is 628 g/mol. The van der Waals surface area contributed by atoms with Gasteiger partial charge in [0.25, 0.3) is 0 Å². The number of phenols is 1. The van der Waals surface area contributed by atoms with Gasteiger partial charge in [-0.15, -0.1) is 0 Å². The van der Waals surface area contributed by atoms with Crippen molar-refractivity contribution in [2.75, 3.05) is 11.1 Å². The van der Waals surface area contributed by atoms with Crippen LogP contribution in [0.25, 0.3) is 0 Å². The maximum absolute atomic E-state index is 11.5. The number of nitrogen functional groups attached to an aromatic ring is 1. The highest BCUT2D eigenvalue weighted by Gasteiger charge is 2.15. The van der Waals surface area contributed by atoms with Crippen LogP contribution in [-0.4, -0.2) is 11.0 Å². The topological polar surface area (TPSA) is 75.4 Å². The van der Waals surface area contributed by atoms with E-state index in [0.29, 0.717) is 23.5 Å². The Bertz CT molecular complexity index is 1350. The van der Waals surface area contributed by atoms with E-state index in [0.717, 1.165) is 54.6 Å². The van der Waals surface area contributed by atoms with Crippen molar-refractivity contribution < 1.29 is 9.90 Å². The van der Waals surface area contributed by atoms with Gasteiger partial charge in [-0.2, -0.15) is 0 Å². The van der Waals surface area contributed by atoms with Crippen molar-refractivity contribution in [1.29, 1.82) is 0 Å². The van der Waals surface area contributed by atoms with Gasteiger partial charge in [0.1, 0.15) is 5.75 Å². The van der Waals surface area contributed by atoms with E-state index in [9.17, 15) is 9.90 Å². The minimum Gasteiger partial charge on any atom is -0.508 e. The van der Waals surface area contributed by atoms with Crippen LogP contribution in [0.1, 0.15) is 149 Å². The van der Waals surface area contributed by atoms with Gasteiger partial charge in [-0.3, -0.25) is 4.79 Å². The molecule has 0 unspecified atom stereocenters. The van der Waals surface area contributed by atoms with E-state index >= 15 is 0 Å². The molecule has 0 aromatic heterocycles. The molecule has 0 aliphatic carbocycles. The number of carbonyl (C=O) groups is 1. The van der Waals surface area contributed by atoms with Crippen LogP contribution in [0, 0.1) is 20.8 Å². The van der Waals surface area contributed by atoms with Crippen molar-refractivity contribution >= 4 is 17.3 Å². The molecular weight excluding hydrogens is 564 g/mol. The lowest BCUT2D eigenvalue weighted by atomic mass is 9.91. The Labute approximate surface area is 281 Å². The number of hydrogen-bond donors (Lipinski definition) is 3. The third kappa shape index (κ3) is 12.3. The maximum Gasteiger partial charge on any atom is 0.247 e. The summed E-state index contributed by atoms with van der Waals surface area (Å²) in [5.74, 6) is 1.63. The first-order valence-electron chi connectivity index (χ1n) is 17.4. The lowest BCUT2D eigenvalue weighted by molar-refractivity contribution is -0.111. The van der Waals surface area contributed by atoms with E-state index in [1.54, 1.807) is 0 Å². The molecule has 0 aliphatic rings. The second-order valence-electron chi connectivity index (χ2n) is 13.6. The normalized spacial score (nSPS) is 10.8. The Balaban J connectivity index is 0.000000349. The molecule has 4 heteroatoms.